The Bertz CT molecular complexity index is 1430. The molecule has 0 amide bonds. The summed E-state index contributed by atoms with van der Waals surface area (Å²) >= 11 is 0. The van der Waals surface area contributed by atoms with Gasteiger partial charge in [-0.3, -0.25) is 4.98 Å². The summed E-state index contributed by atoms with van der Waals surface area (Å²) in [4.78, 5) is 17.4. The zero-order valence-electron chi connectivity index (χ0n) is 20.0. The van der Waals surface area contributed by atoms with E-state index in [2.05, 4.69) is 25.3 Å². The van der Waals surface area contributed by atoms with E-state index >= 15 is 4.39 Å². The maximum atomic E-state index is 15.3. The Kier molecular flexibility index (Phi) is 5.75. The summed E-state index contributed by atoms with van der Waals surface area (Å²) in [7, 11) is 1.48. The lowest BCUT2D eigenvalue weighted by molar-refractivity contribution is 0.137. The molecule has 2 aliphatic rings. The zero-order valence-corrected chi connectivity index (χ0v) is 20.0. The summed E-state index contributed by atoms with van der Waals surface area (Å²) in [6, 6.07) is 7.44. The summed E-state index contributed by atoms with van der Waals surface area (Å²) in [6.45, 7) is 1.91. The highest BCUT2D eigenvalue weighted by Crippen LogP contribution is 2.31. The first-order valence-electron chi connectivity index (χ1n) is 12.1. The van der Waals surface area contributed by atoms with Crippen molar-refractivity contribution < 1.29 is 18.3 Å². The number of imidazole rings is 1. The summed E-state index contributed by atoms with van der Waals surface area (Å²) in [5.74, 6) is 0.0397. The van der Waals surface area contributed by atoms with Gasteiger partial charge in [0.15, 0.2) is 5.65 Å². The minimum atomic E-state index is -0.495. The van der Waals surface area contributed by atoms with Crippen LogP contribution in [0.1, 0.15) is 36.9 Å². The smallest absolute Gasteiger partial charge is 0.318 e. The van der Waals surface area contributed by atoms with Gasteiger partial charge in [-0.15, -0.1) is 0 Å². The average Bonchev–Trinajstić information content (AvgIpc) is 3.40. The van der Waals surface area contributed by atoms with Crippen LogP contribution in [0.3, 0.4) is 0 Å². The van der Waals surface area contributed by atoms with Gasteiger partial charge in [0, 0.05) is 35.5 Å². The highest BCUT2D eigenvalue weighted by Gasteiger charge is 2.34. The Balaban J connectivity index is 1.35. The van der Waals surface area contributed by atoms with Gasteiger partial charge in [0.2, 0.25) is 0 Å². The first kappa shape index (κ1) is 22.8. The van der Waals surface area contributed by atoms with E-state index in [1.807, 2.05) is 0 Å². The van der Waals surface area contributed by atoms with Gasteiger partial charge in [-0.1, -0.05) is 6.07 Å². The van der Waals surface area contributed by atoms with Crippen LogP contribution in [0.15, 0.2) is 36.7 Å². The fourth-order valence-electron chi connectivity index (χ4n) is 5.30. The van der Waals surface area contributed by atoms with Gasteiger partial charge < -0.3 is 19.4 Å². The number of fused-ring (bicyclic) bond motifs is 3. The number of aromatic nitrogens is 5. The van der Waals surface area contributed by atoms with Crippen LogP contribution in [0.5, 0.6) is 11.8 Å². The van der Waals surface area contributed by atoms with E-state index in [1.165, 1.54) is 38.3 Å². The maximum Gasteiger partial charge on any atom is 0.318 e. The number of halogens is 2. The molecule has 8 nitrogen and oxygen atoms in total. The number of ether oxygens (including phenoxy) is 2. The second-order valence-corrected chi connectivity index (χ2v) is 9.48. The van der Waals surface area contributed by atoms with Gasteiger partial charge in [-0.05, 0) is 44.7 Å². The Hall–Kier alpha value is -3.66. The number of pyridine rings is 1. The van der Waals surface area contributed by atoms with Gasteiger partial charge in [0.1, 0.15) is 34.8 Å². The van der Waals surface area contributed by atoms with Crippen molar-refractivity contribution in [2.45, 2.75) is 57.3 Å². The molecule has 6 rings (SSSR count). The molecular formula is C26H26F2N6O2. The molecule has 0 aliphatic carbocycles. The summed E-state index contributed by atoms with van der Waals surface area (Å²) in [5.41, 5.74) is 2.46. The van der Waals surface area contributed by atoms with Crippen molar-refractivity contribution in [3.05, 3.63) is 59.6 Å². The average molecular weight is 493 g/mol. The molecule has 186 valence electrons. The molecule has 2 bridgehead atoms. The Morgan fingerprint density at radius 3 is 2.58 bits per heavy atom. The predicted molar refractivity (Wildman–Crippen MR) is 129 cm³/mol. The number of hydrogen-bond donors (Lipinski definition) is 1. The molecule has 0 spiro atoms. The molecule has 1 aromatic carbocycles. The second kappa shape index (κ2) is 9.09. The number of piperidine rings is 1. The number of aryl methyl sites for hydroxylation is 1. The molecule has 3 atom stereocenters. The molecule has 2 fully saturated rings. The number of methoxy groups -OCH3 is 1. The van der Waals surface area contributed by atoms with Gasteiger partial charge in [-0.25, -0.2) is 13.8 Å². The first-order chi connectivity index (χ1) is 17.5. The SMILES string of the molecule is COc1nc(C)c2nc(-c3cncc(F)c3)n(Cc3ccc(O[C@H]4C[C@H]5CC[C@@H](C4)N5)cc3F)c2n1. The van der Waals surface area contributed by atoms with Crippen LogP contribution in [0.25, 0.3) is 22.6 Å². The number of nitrogens with one attached hydrogen (secondary N) is 1. The van der Waals surface area contributed by atoms with E-state index in [4.69, 9.17) is 9.47 Å². The standard InChI is InChI=1S/C26H26F2N6O2/c1-14-23-25(33-26(30-14)35-2)34(24(32-23)16-7-17(27)12-29-11-16)13-15-3-6-20(10-22(15)28)36-21-8-18-4-5-19(9-21)31-18/h3,6-7,10-12,18-19,21,31H,4-5,8-9,13H2,1-2H3/t18-,19+,21+. The molecule has 10 heteroatoms. The quantitative estimate of drug-likeness (QED) is 0.432. The highest BCUT2D eigenvalue weighted by atomic mass is 19.1. The fourth-order valence-corrected chi connectivity index (χ4v) is 5.30. The van der Waals surface area contributed by atoms with E-state index in [9.17, 15) is 4.39 Å². The van der Waals surface area contributed by atoms with Crippen LogP contribution >= 0.6 is 0 Å². The number of nitrogens with zero attached hydrogens (tertiary/aromatic N) is 5. The molecule has 0 unspecified atom stereocenters. The van der Waals surface area contributed by atoms with E-state index in [-0.39, 0.29) is 18.7 Å². The Morgan fingerprint density at radius 1 is 1.06 bits per heavy atom. The normalized spacial score (nSPS) is 21.2. The molecular weight excluding hydrogens is 466 g/mol. The third kappa shape index (κ3) is 4.26. The lowest BCUT2D eigenvalue weighted by Crippen LogP contribution is -2.42. The molecule has 36 heavy (non-hydrogen) atoms. The molecule has 4 aromatic rings. The van der Waals surface area contributed by atoms with Gasteiger partial charge >= 0.3 is 6.01 Å². The molecule has 0 radical (unpaired) electrons. The lowest BCUT2D eigenvalue weighted by atomic mass is 10.0. The zero-order chi connectivity index (χ0) is 24.8. The fraction of sp³-hybridized carbons (Fsp3) is 0.385. The highest BCUT2D eigenvalue weighted by molar-refractivity contribution is 5.79. The number of hydrogen-bond acceptors (Lipinski definition) is 7. The molecule has 5 heterocycles. The largest absolute Gasteiger partial charge is 0.490 e. The molecule has 1 N–H and O–H groups in total. The van der Waals surface area contributed by atoms with E-state index in [1.54, 1.807) is 23.6 Å². The van der Waals surface area contributed by atoms with Gasteiger partial charge in [0.25, 0.3) is 0 Å². The van der Waals surface area contributed by atoms with Crippen molar-refractivity contribution in [2.24, 2.45) is 0 Å². The van der Waals surface area contributed by atoms with Gasteiger partial charge in [0.05, 0.1) is 25.5 Å². The molecule has 2 saturated heterocycles. The van der Waals surface area contributed by atoms with E-state index in [0.717, 1.165) is 19.0 Å². The third-order valence-electron chi connectivity index (χ3n) is 6.98. The monoisotopic (exact) mass is 492 g/mol. The molecule has 2 aliphatic heterocycles. The minimum absolute atomic E-state index is 0.0887. The van der Waals surface area contributed by atoms with Crippen LogP contribution in [-0.2, 0) is 6.54 Å². The number of benzene rings is 1. The van der Waals surface area contributed by atoms with Crippen LogP contribution in [-0.4, -0.2) is 49.8 Å². The first-order valence-corrected chi connectivity index (χ1v) is 12.1. The maximum absolute atomic E-state index is 15.3. The van der Waals surface area contributed by atoms with Crippen LogP contribution in [0.2, 0.25) is 0 Å². The second-order valence-electron chi connectivity index (χ2n) is 9.48. The lowest BCUT2D eigenvalue weighted by Gasteiger charge is -2.29. The summed E-state index contributed by atoms with van der Waals surface area (Å²) in [6.07, 6.45) is 6.95. The molecule has 0 saturated carbocycles. The topological polar surface area (TPSA) is 87.0 Å². The molecule has 3 aromatic heterocycles. The van der Waals surface area contributed by atoms with Crippen LogP contribution < -0.4 is 14.8 Å². The summed E-state index contributed by atoms with van der Waals surface area (Å²) < 4.78 is 42.4. The van der Waals surface area contributed by atoms with Crippen LogP contribution in [0.4, 0.5) is 8.78 Å². The van der Waals surface area contributed by atoms with Crippen molar-refractivity contribution in [3.63, 3.8) is 0 Å². The van der Waals surface area contributed by atoms with E-state index < -0.39 is 11.6 Å². The van der Waals surface area contributed by atoms with Crippen molar-refractivity contribution in [2.75, 3.05) is 7.11 Å². The Morgan fingerprint density at radius 2 is 1.86 bits per heavy atom. The van der Waals surface area contributed by atoms with E-state index in [0.29, 0.717) is 51.6 Å². The van der Waals surface area contributed by atoms with Crippen molar-refractivity contribution in [3.8, 4) is 23.1 Å². The van der Waals surface area contributed by atoms with Gasteiger partial charge in [-0.2, -0.15) is 9.97 Å². The predicted octanol–water partition coefficient (Wildman–Crippen LogP) is 4.19. The third-order valence-corrected chi connectivity index (χ3v) is 6.98. The summed E-state index contributed by atoms with van der Waals surface area (Å²) in [5, 5.41) is 3.59. The van der Waals surface area contributed by atoms with Crippen molar-refractivity contribution in [1.82, 2.24) is 29.8 Å². The minimum Gasteiger partial charge on any atom is -0.490 e. The van der Waals surface area contributed by atoms with Crippen LogP contribution in [0, 0.1) is 18.6 Å². The van der Waals surface area contributed by atoms with Crippen molar-refractivity contribution >= 4 is 11.2 Å². The Labute approximate surface area is 206 Å². The number of rotatable bonds is 6. The van der Waals surface area contributed by atoms with Crippen molar-refractivity contribution in [1.29, 1.82) is 0 Å².